The average molecular weight is 451 g/mol. The van der Waals surface area contributed by atoms with Crippen LogP contribution >= 0.6 is 34.7 Å². The monoisotopic (exact) mass is 450 g/mol. The van der Waals surface area contributed by atoms with Crippen molar-refractivity contribution >= 4 is 51.6 Å². The fourth-order valence-corrected chi connectivity index (χ4v) is 4.09. The second-order valence-electron chi connectivity index (χ2n) is 5.96. The Labute approximate surface area is 181 Å². The van der Waals surface area contributed by atoms with E-state index in [1.54, 1.807) is 24.3 Å². The molecule has 29 heavy (non-hydrogen) atoms. The Bertz CT molecular complexity index is 1000. The van der Waals surface area contributed by atoms with Crippen molar-refractivity contribution < 1.29 is 9.59 Å². The Balaban J connectivity index is 1.55. The molecule has 3 aromatic rings. The fraction of sp³-hybridized carbons (Fsp3) is 0.278. The number of hydrogen-bond donors (Lipinski definition) is 2. The smallest absolute Gasteiger partial charge is 0.251 e. The Morgan fingerprint density at radius 1 is 1.24 bits per heavy atom. The summed E-state index contributed by atoms with van der Waals surface area (Å²) < 4.78 is 1.87. The maximum atomic E-state index is 12.3. The second kappa shape index (κ2) is 9.86. The largest absolute Gasteiger partial charge is 0.345 e. The molecular formula is C18H19ClN6O2S2. The van der Waals surface area contributed by atoms with E-state index in [1.807, 2.05) is 23.8 Å². The second-order valence-corrected chi connectivity index (χ2v) is 8.20. The number of halogens is 1. The molecule has 0 aliphatic carbocycles. The van der Waals surface area contributed by atoms with Gasteiger partial charge in [0.05, 0.1) is 18.0 Å². The van der Waals surface area contributed by atoms with E-state index >= 15 is 0 Å². The van der Waals surface area contributed by atoms with E-state index in [0.29, 0.717) is 33.2 Å². The van der Waals surface area contributed by atoms with Crippen LogP contribution in [0.4, 0.5) is 5.13 Å². The Morgan fingerprint density at radius 2 is 2.00 bits per heavy atom. The third-order valence-corrected chi connectivity index (χ3v) is 5.92. The number of nitrogens with zero attached hydrogens (tertiary/aromatic N) is 4. The predicted molar refractivity (Wildman–Crippen MR) is 115 cm³/mol. The van der Waals surface area contributed by atoms with E-state index in [-0.39, 0.29) is 24.1 Å². The van der Waals surface area contributed by atoms with Gasteiger partial charge in [0.25, 0.3) is 5.91 Å². The first-order valence-electron chi connectivity index (χ1n) is 8.77. The molecule has 2 amide bonds. The molecule has 152 valence electrons. The number of anilines is 1. The summed E-state index contributed by atoms with van der Waals surface area (Å²) >= 11 is 8.52. The van der Waals surface area contributed by atoms with E-state index in [4.69, 9.17) is 11.6 Å². The maximum Gasteiger partial charge on any atom is 0.251 e. The molecule has 1 aromatic carbocycles. The van der Waals surface area contributed by atoms with Crippen LogP contribution in [0.15, 0.2) is 34.8 Å². The quantitative estimate of drug-likeness (QED) is 0.510. The molecule has 3 rings (SSSR count). The average Bonchev–Trinajstić information content (AvgIpc) is 3.30. The van der Waals surface area contributed by atoms with Crippen molar-refractivity contribution in [3.8, 4) is 0 Å². The molecule has 0 bridgehead atoms. The Kier molecular flexibility index (Phi) is 7.24. The maximum absolute atomic E-state index is 12.3. The molecule has 11 heteroatoms. The minimum Gasteiger partial charge on any atom is -0.345 e. The summed E-state index contributed by atoms with van der Waals surface area (Å²) in [5.74, 6) is 0.425. The summed E-state index contributed by atoms with van der Waals surface area (Å²) in [7, 11) is 0. The number of thiazole rings is 1. The summed E-state index contributed by atoms with van der Waals surface area (Å²) in [5, 5.41) is 17.5. The van der Waals surface area contributed by atoms with Crippen molar-refractivity contribution in [2.24, 2.45) is 0 Å². The Morgan fingerprint density at radius 3 is 2.66 bits per heavy atom. The highest BCUT2D eigenvalue weighted by Gasteiger charge is 2.15. The van der Waals surface area contributed by atoms with Crippen LogP contribution in [0.25, 0.3) is 0 Å². The van der Waals surface area contributed by atoms with Crippen molar-refractivity contribution in [2.75, 3.05) is 11.1 Å². The van der Waals surface area contributed by atoms with Gasteiger partial charge in [-0.25, -0.2) is 4.98 Å². The highest BCUT2D eigenvalue weighted by atomic mass is 35.5. The van der Waals surface area contributed by atoms with Crippen molar-refractivity contribution in [1.29, 1.82) is 0 Å². The zero-order valence-corrected chi connectivity index (χ0v) is 18.2. The lowest BCUT2D eigenvalue weighted by Crippen LogP contribution is -2.24. The van der Waals surface area contributed by atoms with Crippen molar-refractivity contribution in [3.05, 3.63) is 51.7 Å². The van der Waals surface area contributed by atoms with Gasteiger partial charge in [-0.15, -0.1) is 21.5 Å². The highest BCUT2D eigenvalue weighted by Crippen LogP contribution is 2.19. The lowest BCUT2D eigenvalue weighted by Gasteiger charge is -2.08. The zero-order chi connectivity index (χ0) is 20.8. The number of nitrogens with one attached hydrogen (secondary N) is 2. The van der Waals surface area contributed by atoms with Crippen molar-refractivity contribution in [1.82, 2.24) is 25.1 Å². The molecule has 0 saturated heterocycles. The van der Waals surface area contributed by atoms with Gasteiger partial charge in [0.2, 0.25) is 5.91 Å². The van der Waals surface area contributed by atoms with Gasteiger partial charge in [-0.2, -0.15) is 0 Å². The number of aromatic nitrogens is 4. The number of hydrogen-bond acceptors (Lipinski definition) is 7. The van der Waals surface area contributed by atoms with Gasteiger partial charge in [0.1, 0.15) is 0 Å². The topological polar surface area (TPSA) is 102 Å². The van der Waals surface area contributed by atoms with Gasteiger partial charge in [-0.1, -0.05) is 23.4 Å². The molecule has 2 aromatic heterocycles. The van der Waals surface area contributed by atoms with E-state index in [1.165, 1.54) is 23.1 Å². The third-order valence-electron chi connectivity index (χ3n) is 3.82. The molecule has 8 nitrogen and oxygen atoms in total. The third kappa shape index (κ3) is 5.78. The molecule has 0 aliphatic rings. The molecule has 0 saturated carbocycles. The first kappa shape index (κ1) is 21.3. The van der Waals surface area contributed by atoms with E-state index in [0.717, 1.165) is 5.69 Å². The minimum absolute atomic E-state index is 0.160. The number of amides is 2. The normalized spacial score (nSPS) is 10.7. The molecule has 0 aliphatic heterocycles. The molecule has 0 radical (unpaired) electrons. The number of aryl methyl sites for hydroxylation is 1. The molecule has 0 spiro atoms. The van der Waals surface area contributed by atoms with Crippen molar-refractivity contribution in [2.45, 2.75) is 32.1 Å². The summed E-state index contributed by atoms with van der Waals surface area (Å²) in [6, 6.07) is 6.65. The zero-order valence-electron chi connectivity index (χ0n) is 15.8. The van der Waals surface area contributed by atoms with Gasteiger partial charge in [-0.3, -0.25) is 9.59 Å². The van der Waals surface area contributed by atoms with E-state index in [2.05, 4.69) is 25.8 Å². The van der Waals surface area contributed by atoms with Crippen LogP contribution in [0, 0.1) is 6.92 Å². The first-order chi connectivity index (χ1) is 14.0. The van der Waals surface area contributed by atoms with Crippen LogP contribution in [-0.4, -0.2) is 37.3 Å². The number of carbonyl (C=O) groups is 2. The van der Waals surface area contributed by atoms with Crippen LogP contribution in [-0.2, 0) is 17.9 Å². The lowest BCUT2D eigenvalue weighted by atomic mass is 10.2. The summed E-state index contributed by atoms with van der Waals surface area (Å²) in [6.45, 7) is 4.68. The first-order valence-corrected chi connectivity index (χ1v) is 11.0. The number of carbonyl (C=O) groups excluding carboxylic acids is 2. The standard InChI is InChI=1S/C18H19ClN6O2S2/c1-3-25-14(8-20-16(27)12-4-6-13(19)7-5-12)23-24-18(25)29-10-15(26)22-17-21-11(2)9-28-17/h4-7,9H,3,8,10H2,1-2H3,(H,20,27)(H,21,22,26). The van der Waals surface area contributed by atoms with Gasteiger partial charge < -0.3 is 15.2 Å². The number of thioether (sulfide) groups is 1. The summed E-state index contributed by atoms with van der Waals surface area (Å²) in [4.78, 5) is 28.6. The number of benzene rings is 1. The summed E-state index contributed by atoms with van der Waals surface area (Å²) in [5.41, 5.74) is 1.38. The van der Waals surface area contributed by atoms with Crippen LogP contribution in [0.2, 0.25) is 5.02 Å². The Hall–Kier alpha value is -2.43. The SMILES string of the molecule is CCn1c(CNC(=O)c2ccc(Cl)cc2)nnc1SCC(=O)Nc1nc(C)cs1. The fourth-order valence-electron chi connectivity index (χ4n) is 2.43. The van der Waals surface area contributed by atoms with Gasteiger partial charge >= 0.3 is 0 Å². The van der Waals surface area contributed by atoms with Gasteiger partial charge in [-0.05, 0) is 38.1 Å². The van der Waals surface area contributed by atoms with E-state index in [9.17, 15) is 9.59 Å². The van der Waals surface area contributed by atoms with E-state index < -0.39 is 0 Å². The molecule has 2 heterocycles. The molecule has 0 fully saturated rings. The number of rotatable bonds is 8. The molecule has 0 unspecified atom stereocenters. The molecule has 2 N–H and O–H groups in total. The van der Waals surface area contributed by atoms with Gasteiger partial charge in [0, 0.05) is 22.5 Å². The van der Waals surface area contributed by atoms with Gasteiger partial charge in [0.15, 0.2) is 16.1 Å². The lowest BCUT2D eigenvalue weighted by molar-refractivity contribution is -0.113. The minimum atomic E-state index is -0.223. The van der Waals surface area contributed by atoms with Crippen LogP contribution in [0.1, 0.15) is 28.8 Å². The predicted octanol–water partition coefficient (Wildman–Crippen LogP) is 3.38. The van der Waals surface area contributed by atoms with Crippen LogP contribution in [0.5, 0.6) is 0 Å². The van der Waals surface area contributed by atoms with Crippen molar-refractivity contribution in [3.63, 3.8) is 0 Å². The molecular weight excluding hydrogens is 432 g/mol. The van der Waals surface area contributed by atoms with Crippen LogP contribution in [0.3, 0.4) is 0 Å². The highest BCUT2D eigenvalue weighted by molar-refractivity contribution is 7.99. The molecule has 0 atom stereocenters. The summed E-state index contributed by atoms with van der Waals surface area (Å²) in [6.07, 6.45) is 0. The van der Waals surface area contributed by atoms with Crippen LogP contribution < -0.4 is 10.6 Å².